The van der Waals surface area contributed by atoms with Crippen molar-refractivity contribution in [3.8, 4) is 0 Å². The van der Waals surface area contributed by atoms with E-state index >= 15 is 0 Å². The summed E-state index contributed by atoms with van der Waals surface area (Å²) in [5.74, 6) is 0. The lowest BCUT2D eigenvalue weighted by Crippen LogP contribution is -1.96. The minimum Gasteiger partial charge on any atom is -0.265 e. The summed E-state index contributed by atoms with van der Waals surface area (Å²) in [6.45, 7) is 0. The van der Waals surface area contributed by atoms with Crippen LogP contribution in [0.1, 0.15) is 39.1 Å². The summed E-state index contributed by atoms with van der Waals surface area (Å²) in [4.78, 5) is 6.94. The van der Waals surface area contributed by atoms with E-state index in [1.807, 2.05) is 35.9 Å². The van der Waals surface area contributed by atoms with Crippen LogP contribution >= 0.6 is 22.9 Å². The summed E-state index contributed by atoms with van der Waals surface area (Å²) < 4.78 is 0. The Morgan fingerprint density at radius 1 is 1.22 bits per heavy atom. The van der Waals surface area contributed by atoms with Crippen LogP contribution in [0.15, 0.2) is 30.6 Å². The van der Waals surface area contributed by atoms with Gasteiger partial charge in [0.2, 0.25) is 0 Å². The maximum atomic E-state index is 6.55. The lowest BCUT2D eigenvalue weighted by Gasteiger charge is -2.08. The molecule has 0 fully saturated rings. The van der Waals surface area contributed by atoms with Crippen LogP contribution in [0, 0.1) is 0 Å². The highest BCUT2D eigenvalue weighted by atomic mass is 35.5. The van der Waals surface area contributed by atoms with E-state index < -0.39 is 0 Å². The molecule has 0 saturated carbocycles. The van der Waals surface area contributed by atoms with Gasteiger partial charge in [-0.2, -0.15) is 0 Å². The number of hydrogen-bond donors (Lipinski definition) is 0. The number of aryl methyl sites for hydroxylation is 2. The van der Waals surface area contributed by atoms with Gasteiger partial charge >= 0.3 is 0 Å². The van der Waals surface area contributed by atoms with Crippen molar-refractivity contribution < 1.29 is 0 Å². The summed E-state index contributed by atoms with van der Waals surface area (Å²) in [5, 5.41) is 0.100. The van der Waals surface area contributed by atoms with Gasteiger partial charge in [0.15, 0.2) is 0 Å². The molecule has 18 heavy (non-hydrogen) atoms. The number of rotatable bonds is 3. The fourth-order valence-electron chi connectivity index (χ4n) is 2.49. The van der Waals surface area contributed by atoms with Crippen LogP contribution in [0.2, 0.25) is 0 Å². The summed E-state index contributed by atoms with van der Waals surface area (Å²) in [6.07, 6.45) is 9.72. The molecule has 1 aliphatic carbocycles. The Hall–Kier alpha value is -0.860. The molecule has 0 aromatic carbocycles. The van der Waals surface area contributed by atoms with Crippen molar-refractivity contribution in [2.24, 2.45) is 0 Å². The second kappa shape index (κ2) is 5.41. The molecule has 0 spiro atoms. The molecular weight excluding hydrogens is 262 g/mol. The Morgan fingerprint density at radius 3 is 2.78 bits per heavy atom. The first-order chi connectivity index (χ1) is 8.83. The number of pyridine rings is 1. The molecule has 0 amide bonds. The van der Waals surface area contributed by atoms with Crippen molar-refractivity contribution in [2.75, 3.05) is 0 Å². The SMILES string of the molecule is ClC(Cc1ccncc1)c1cc2c(s1)CCCC2. The predicted molar refractivity (Wildman–Crippen MR) is 77.5 cm³/mol. The number of alkyl halides is 1. The number of thiophene rings is 1. The predicted octanol–water partition coefficient (Wildman–Crippen LogP) is 4.54. The molecule has 0 radical (unpaired) electrons. The minimum atomic E-state index is 0.100. The third-order valence-corrected chi connectivity index (χ3v) is 5.36. The van der Waals surface area contributed by atoms with E-state index in [4.69, 9.17) is 11.6 Å². The van der Waals surface area contributed by atoms with Gasteiger partial charge in [-0.15, -0.1) is 22.9 Å². The van der Waals surface area contributed by atoms with E-state index in [2.05, 4.69) is 11.1 Å². The van der Waals surface area contributed by atoms with Crippen LogP contribution < -0.4 is 0 Å². The van der Waals surface area contributed by atoms with E-state index in [0.29, 0.717) is 0 Å². The summed E-state index contributed by atoms with van der Waals surface area (Å²) in [6, 6.07) is 6.42. The first-order valence-electron chi connectivity index (χ1n) is 6.47. The van der Waals surface area contributed by atoms with Gasteiger partial charge in [0.05, 0.1) is 5.38 Å². The van der Waals surface area contributed by atoms with Gasteiger partial charge in [-0.1, -0.05) is 0 Å². The molecule has 0 saturated heterocycles. The van der Waals surface area contributed by atoms with Crippen LogP contribution in [0.3, 0.4) is 0 Å². The summed E-state index contributed by atoms with van der Waals surface area (Å²) in [5.41, 5.74) is 2.80. The quantitative estimate of drug-likeness (QED) is 0.751. The number of hydrogen-bond acceptors (Lipinski definition) is 2. The van der Waals surface area contributed by atoms with Gasteiger partial charge in [0.1, 0.15) is 0 Å². The third-order valence-electron chi connectivity index (χ3n) is 3.49. The van der Waals surface area contributed by atoms with E-state index in [1.165, 1.54) is 36.1 Å². The standard InChI is InChI=1S/C15H16ClNS/c16-13(9-11-5-7-17-8-6-11)15-10-12-3-1-2-4-14(12)18-15/h5-8,10,13H,1-4,9H2. The van der Waals surface area contributed by atoms with Crippen molar-refractivity contribution >= 4 is 22.9 Å². The molecule has 0 bridgehead atoms. The highest BCUT2D eigenvalue weighted by Gasteiger charge is 2.17. The first-order valence-corrected chi connectivity index (χ1v) is 7.72. The van der Waals surface area contributed by atoms with Crippen molar-refractivity contribution in [3.63, 3.8) is 0 Å². The Balaban J connectivity index is 1.76. The van der Waals surface area contributed by atoms with E-state index in [-0.39, 0.29) is 5.38 Å². The van der Waals surface area contributed by atoms with E-state index in [9.17, 15) is 0 Å². The Labute approximate surface area is 117 Å². The monoisotopic (exact) mass is 277 g/mol. The van der Waals surface area contributed by atoms with Crippen molar-refractivity contribution in [1.29, 1.82) is 0 Å². The average molecular weight is 278 g/mol. The number of fused-ring (bicyclic) bond motifs is 1. The number of nitrogens with zero attached hydrogens (tertiary/aromatic N) is 1. The zero-order valence-corrected chi connectivity index (χ0v) is 11.8. The zero-order chi connectivity index (χ0) is 12.4. The highest BCUT2D eigenvalue weighted by Crippen LogP contribution is 2.36. The van der Waals surface area contributed by atoms with Crippen LogP contribution in [0.4, 0.5) is 0 Å². The van der Waals surface area contributed by atoms with Gasteiger partial charge < -0.3 is 0 Å². The van der Waals surface area contributed by atoms with E-state index in [1.54, 1.807) is 10.4 Å². The van der Waals surface area contributed by atoms with Crippen molar-refractivity contribution in [2.45, 2.75) is 37.5 Å². The smallest absolute Gasteiger partial charge is 0.0719 e. The fourth-order valence-corrected chi connectivity index (χ4v) is 4.10. The van der Waals surface area contributed by atoms with Gasteiger partial charge in [-0.05, 0) is 61.4 Å². The zero-order valence-electron chi connectivity index (χ0n) is 10.2. The molecule has 1 aliphatic rings. The number of aromatic nitrogens is 1. The molecule has 1 atom stereocenters. The summed E-state index contributed by atoms with van der Waals surface area (Å²) in [7, 11) is 0. The van der Waals surface area contributed by atoms with Gasteiger partial charge in [0.25, 0.3) is 0 Å². The van der Waals surface area contributed by atoms with Crippen molar-refractivity contribution in [1.82, 2.24) is 4.98 Å². The molecule has 2 aromatic heterocycles. The highest BCUT2D eigenvalue weighted by molar-refractivity contribution is 7.12. The second-order valence-electron chi connectivity index (χ2n) is 4.83. The van der Waals surface area contributed by atoms with Crippen LogP contribution in [0.5, 0.6) is 0 Å². The van der Waals surface area contributed by atoms with Gasteiger partial charge in [-0.3, -0.25) is 4.98 Å². The lowest BCUT2D eigenvalue weighted by molar-refractivity contribution is 0.697. The van der Waals surface area contributed by atoms with Crippen molar-refractivity contribution in [3.05, 3.63) is 51.5 Å². The van der Waals surface area contributed by atoms with E-state index in [0.717, 1.165) is 6.42 Å². The van der Waals surface area contributed by atoms with Gasteiger partial charge in [-0.25, -0.2) is 0 Å². The minimum absolute atomic E-state index is 0.100. The maximum Gasteiger partial charge on any atom is 0.0719 e. The molecule has 2 aromatic rings. The average Bonchev–Trinajstić information content (AvgIpc) is 2.84. The molecule has 2 heterocycles. The van der Waals surface area contributed by atoms with Crippen LogP contribution in [-0.2, 0) is 19.3 Å². The summed E-state index contributed by atoms with van der Waals surface area (Å²) >= 11 is 8.47. The molecular formula is C15H16ClNS. The Kier molecular flexibility index (Phi) is 3.67. The molecule has 3 heteroatoms. The molecule has 1 nitrogen and oxygen atoms in total. The van der Waals surface area contributed by atoms with Crippen LogP contribution in [0.25, 0.3) is 0 Å². The van der Waals surface area contributed by atoms with Crippen LogP contribution in [-0.4, -0.2) is 4.98 Å². The molecule has 1 unspecified atom stereocenters. The first kappa shape index (κ1) is 12.2. The molecule has 94 valence electrons. The molecule has 0 N–H and O–H groups in total. The molecule has 3 rings (SSSR count). The second-order valence-corrected chi connectivity index (χ2v) is 6.53. The lowest BCUT2D eigenvalue weighted by atomic mass is 9.99. The number of halogens is 1. The largest absolute Gasteiger partial charge is 0.265 e. The third kappa shape index (κ3) is 2.60. The molecule has 0 aliphatic heterocycles. The topological polar surface area (TPSA) is 12.9 Å². The van der Waals surface area contributed by atoms with Gasteiger partial charge in [0, 0.05) is 22.1 Å². The Morgan fingerprint density at radius 2 is 2.00 bits per heavy atom. The maximum absolute atomic E-state index is 6.55. The Bertz CT molecular complexity index is 497. The normalized spacial score (nSPS) is 16.3. The fraction of sp³-hybridized carbons (Fsp3) is 0.400.